The molecule has 116 valence electrons. The van der Waals surface area contributed by atoms with Crippen molar-refractivity contribution in [2.24, 2.45) is 5.92 Å². The molecule has 1 aromatic rings. The van der Waals surface area contributed by atoms with Gasteiger partial charge in [0.05, 0.1) is 11.4 Å². The van der Waals surface area contributed by atoms with Gasteiger partial charge in [0.25, 0.3) is 0 Å². The van der Waals surface area contributed by atoms with Crippen LogP contribution in [-0.2, 0) is 21.2 Å². The molecule has 0 aliphatic rings. The summed E-state index contributed by atoms with van der Waals surface area (Å²) in [5.74, 6) is -0.906. The number of hydrogen-bond donors (Lipinski definition) is 2. The molecule has 5 nitrogen and oxygen atoms in total. The molecule has 0 saturated heterocycles. The van der Waals surface area contributed by atoms with Gasteiger partial charge >= 0.3 is 5.97 Å². The third-order valence-corrected chi connectivity index (χ3v) is 4.38. The molecule has 6 heteroatoms. The van der Waals surface area contributed by atoms with Crippen LogP contribution in [0.5, 0.6) is 0 Å². The number of aryl methyl sites for hydroxylation is 1. The summed E-state index contributed by atoms with van der Waals surface area (Å²) in [6.07, 6.45) is 3.18. The van der Waals surface area contributed by atoms with Crippen molar-refractivity contribution in [1.29, 1.82) is 0 Å². The number of rotatable bonds is 7. The van der Waals surface area contributed by atoms with Gasteiger partial charge in [-0.25, -0.2) is 13.2 Å². The molecule has 0 saturated carbocycles. The number of benzene rings is 1. The number of carboxylic acid groups (broad SMARTS) is 1. The summed E-state index contributed by atoms with van der Waals surface area (Å²) in [5.41, 5.74) is 2.10. The van der Waals surface area contributed by atoms with Gasteiger partial charge in [0, 0.05) is 6.08 Å². The van der Waals surface area contributed by atoms with Gasteiger partial charge in [0.1, 0.15) is 0 Å². The molecular weight excluding hydrogens is 290 g/mol. The summed E-state index contributed by atoms with van der Waals surface area (Å²) in [4.78, 5) is 10.5. The number of nitrogens with one attached hydrogen (secondary N) is 1. The number of carboxylic acids is 1. The molecule has 0 aliphatic carbocycles. The molecule has 0 heterocycles. The second-order valence-corrected chi connectivity index (χ2v) is 6.99. The van der Waals surface area contributed by atoms with Gasteiger partial charge in [-0.1, -0.05) is 26.8 Å². The predicted molar refractivity (Wildman–Crippen MR) is 84.7 cm³/mol. The molecule has 0 fully saturated rings. The Morgan fingerprint density at radius 3 is 2.57 bits per heavy atom. The predicted octanol–water partition coefficient (Wildman–Crippen LogP) is 2.74. The lowest BCUT2D eigenvalue weighted by atomic mass is 10.1. The Balaban J connectivity index is 3.02. The first kappa shape index (κ1) is 17.2. The van der Waals surface area contributed by atoms with Crippen molar-refractivity contribution >= 4 is 27.8 Å². The van der Waals surface area contributed by atoms with Gasteiger partial charge in [-0.3, -0.25) is 4.72 Å². The van der Waals surface area contributed by atoms with E-state index in [9.17, 15) is 13.2 Å². The molecule has 0 atom stereocenters. The zero-order valence-electron chi connectivity index (χ0n) is 12.5. The number of anilines is 1. The van der Waals surface area contributed by atoms with Gasteiger partial charge in [0.15, 0.2) is 0 Å². The lowest BCUT2D eigenvalue weighted by Gasteiger charge is -2.13. The first-order valence-electron chi connectivity index (χ1n) is 6.78. The van der Waals surface area contributed by atoms with E-state index in [0.717, 1.165) is 17.2 Å². The Kier molecular flexibility index (Phi) is 5.96. The second-order valence-electron chi connectivity index (χ2n) is 5.22. The molecular formula is C15H21NO4S. The third kappa shape index (κ3) is 5.99. The number of sulfonamides is 1. The Morgan fingerprint density at radius 1 is 1.38 bits per heavy atom. The average Bonchev–Trinajstić information content (AvgIpc) is 2.35. The van der Waals surface area contributed by atoms with E-state index in [0.29, 0.717) is 12.1 Å². The number of carbonyl (C=O) groups is 1. The van der Waals surface area contributed by atoms with Crippen molar-refractivity contribution in [2.75, 3.05) is 10.5 Å². The van der Waals surface area contributed by atoms with Crippen molar-refractivity contribution in [3.63, 3.8) is 0 Å². The average molecular weight is 311 g/mol. The molecule has 0 aromatic heterocycles. The van der Waals surface area contributed by atoms with E-state index in [1.807, 2.05) is 20.8 Å². The summed E-state index contributed by atoms with van der Waals surface area (Å²) in [5, 5.41) is 8.61. The summed E-state index contributed by atoms with van der Waals surface area (Å²) >= 11 is 0. The molecule has 0 radical (unpaired) electrons. The fourth-order valence-electron chi connectivity index (χ4n) is 1.92. The molecule has 1 aromatic carbocycles. The van der Waals surface area contributed by atoms with Gasteiger partial charge in [0.2, 0.25) is 10.0 Å². The zero-order chi connectivity index (χ0) is 16.0. The molecule has 0 unspecified atom stereocenters. The number of hydrogen-bond acceptors (Lipinski definition) is 3. The van der Waals surface area contributed by atoms with E-state index in [-0.39, 0.29) is 11.7 Å². The summed E-state index contributed by atoms with van der Waals surface area (Å²) < 4.78 is 26.5. The van der Waals surface area contributed by atoms with Gasteiger partial charge in [-0.15, -0.1) is 0 Å². The van der Waals surface area contributed by atoms with Crippen molar-refractivity contribution < 1.29 is 18.3 Å². The first-order valence-corrected chi connectivity index (χ1v) is 8.43. The SMILES string of the molecule is CCc1cc(/C=C/C(=O)O)ccc1NS(=O)(=O)CC(C)C. The summed E-state index contributed by atoms with van der Waals surface area (Å²) in [6.45, 7) is 5.61. The fourth-order valence-corrected chi connectivity index (χ4v) is 3.42. The van der Waals surface area contributed by atoms with E-state index >= 15 is 0 Å². The smallest absolute Gasteiger partial charge is 0.328 e. The highest BCUT2D eigenvalue weighted by Crippen LogP contribution is 2.21. The van der Waals surface area contributed by atoms with E-state index in [4.69, 9.17) is 5.11 Å². The normalized spacial score (nSPS) is 12.0. The van der Waals surface area contributed by atoms with Crippen LogP contribution in [0.15, 0.2) is 24.3 Å². The van der Waals surface area contributed by atoms with E-state index < -0.39 is 16.0 Å². The standard InChI is InChI=1S/C15H21NO4S/c1-4-13-9-12(6-8-15(17)18)5-7-14(13)16-21(19,20)10-11(2)3/h5-9,11,16H,4,10H2,1-3H3,(H,17,18)/b8-6+. The highest BCUT2D eigenvalue weighted by molar-refractivity contribution is 7.92. The lowest BCUT2D eigenvalue weighted by Crippen LogP contribution is -2.20. The Morgan fingerprint density at radius 2 is 2.05 bits per heavy atom. The summed E-state index contributed by atoms with van der Waals surface area (Å²) in [7, 11) is -3.37. The quantitative estimate of drug-likeness (QED) is 0.758. The highest BCUT2D eigenvalue weighted by atomic mass is 32.2. The second kappa shape index (κ2) is 7.26. The minimum absolute atomic E-state index is 0.0466. The van der Waals surface area contributed by atoms with Crippen molar-refractivity contribution in [1.82, 2.24) is 0 Å². The van der Waals surface area contributed by atoms with E-state index in [1.165, 1.54) is 6.08 Å². The zero-order valence-corrected chi connectivity index (χ0v) is 13.3. The maximum atomic E-state index is 12.0. The van der Waals surface area contributed by atoms with Crippen molar-refractivity contribution in [2.45, 2.75) is 27.2 Å². The largest absolute Gasteiger partial charge is 0.478 e. The lowest BCUT2D eigenvalue weighted by molar-refractivity contribution is -0.131. The van der Waals surface area contributed by atoms with Gasteiger partial charge in [-0.05, 0) is 41.7 Å². The highest BCUT2D eigenvalue weighted by Gasteiger charge is 2.14. The molecule has 0 spiro atoms. The molecule has 0 aliphatic heterocycles. The van der Waals surface area contributed by atoms with E-state index in [1.54, 1.807) is 18.2 Å². The minimum atomic E-state index is -3.37. The fraction of sp³-hybridized carbons (Fsp3) is 0.400. The van der Waals surface area contributed by atoms with Gasteiger partial charge in [-0.2, -0.15) is 0 Å². The Bertz CT molecular complexity index is 633. The maximum Gasteiger partial charge on any atom is 0.328 e. The third-order valence-electron chi connectivity index (χ3n) is 2.75. The van der Waals surface area contributed by atoms with Crippen LogP contribution in [0.2, 0.25) is 0 Å². The van der Waals surface area contributed by atoms with Gasteiger partial charge < -0.3 is 5.11 Å². The minimum Gasteiger partial charge on any atom is -0.478 e. The van der Waals surface area contributed by atoms with Crippen LogP contribution < -0.4 is 4.72 Å². The van der Waals surface area contributed by atoms with Crippen LogP contribution >= 0.6 is 0 Å². The van der Waals surface area contributed by atoms with Crippen LogP contribution in [0, 0.1) is 5.92 Å². The van der Waals surface area contributed by atoms with E-state index in [2.05, 4.69) is 4.72 Å². The van der Waals surface area contributed by atoms with Crippen LogP contribution in [-0.4, -0.2) is 25.2 Å². The number of aliphatic carboxylic acids is 1. The topological polar surface area (TPSA) is 83.5 Å². The monoisotopic (exact) mass is 311 g/mol. The van der Waals surface area contributed by atoms with Crippen molar-refractivity contribution in [3.8, 4) is 0 Å². The molecule has 0 amide bonds. The summed E-state index contributed by atoms with van der Waals surface area (Å²) in [6, 6.07) is 5.14. The first-order chi connectivity index (χ1) is 9.73. The maximum absolute atomic E-state index is 12.0. The molecule has 21 heavy (non-hydrogen) atoms. The van der Waals surface area contributed by atoms with Crippen LogP contribution in [0.1, 0.15) is 31.9 Å². The van der Waals surface area contributed by atoms with Crippen molar-refractivity contribution in [3.05, 3.63) is 35.4 Å². The van der Waals surface area contributed by atoms with Crippen LogP contribution in [0.4, 0.5) is 5.69 Å². The van der Waals surface area contributed by atoms with Crippen LogP contribution in [0.3, 0.4) is 0 Å². The molecule has 2 N–H and O–H groups in total. The Labute approximate surface area is 125 Å². The Hall–Kier alpha value is -1.82. The molecule has 1 rings (SSSR count). The van der Waals surface area contributed by atoms with Crippen LogP contribution in [0.25, 0.3) is 6.08 Å². The molecule has 0 bridgehead atoms.